The zero-order valence-corrected chi connectivity index (χ0v) is 4.81. The normalized spacial score (nSPS) is 42.8. The fourth-order valence-electron chi connectivity index (χ4n) is 0.753. The maximum Gasteiger partial charge on any atom is 0.348 e. The van der Waals surface area contributed by atoms with Crippen LogP contribution in [0, 0.1) is 0 Å². The van der Waals surface area contributed by atoms with Gasteiger partial charge in [-0.2, -0.15) is 0 Å². The SMILES string of the molecule is O=C1OC2CSC1O2. The summed E-state index contributed by atoms with van der Waals surface area (Å²) in [6.45, 7) is 0. The van der Waals surface area contributed by atoms with Crippen LogP contribution in [-0.4, -0.2) is 23.4 Å². The largest absolute Gasteiger partial charge is 0.432 e. The summed E-state index contributed by atoms with van der Waals surface area (Å²) >= 11 is 1.50. The lowest BCUT2D eigenvalue weighted by Gasteiger charge is -2.02. The van der Waals surface area contributed by atoms with E-state index in [9.17, 15) is 4.79 Å². The molecule has 4 heteroatoms. The summed E-state index contributed by atoms with van der Waals surface area (Å²) in [7, 11) is 0. The minimum Gasteiger partial charge on any atom is -0.432 e. The molecule has 2 saturated heterocycles. The molecule has 44 valence electrons. The molecule has 2 atom stereocenters. The molecule has 2 bridgehead atoms. The fraction of sp³-hybridized carbons (Fsp3) is 0.750. The van der Waals surface area contributed by atoms with Crippen LogP contribution in [-0.2, 0) is 14.3 Å². The van der Waals surface area contributed by atoms with Crippen molar-refractivity contribution in [1.82, 2.24) is 0 Å². The number of hydrogen-bond donors (Lipinski definition) is 0. The summed E-state index contributed by atoms with van der Waals surface area (Å²) in [6.07, 6.45) is -0.238. The van der Waals surface area contributed by atoms with Crippen LogP contribution in [0.3, 0.4) is 0 Å². The molecule has 0 saturated carbocycles. The first-order chi connectivity index (χ1) is 3.86. The highest BCUT2D eigenvalue weighted by Crippen LogP contribution is 2.32. The van der Waals surface area contributed by atoms with E-state index in [1.165, 1.54) is 11.8 Å². The van der Waals surface area contributed by atoms with Gasteiger partial charge in [0.1, 0.15) is 0 Å². The predicted octanol–water partition coefficient (Wildman–Crippen LogP) is -0.0412. The van der Waals surface area contributed by atoms with Crippen molar-refractivity contribution in [3.63, 3.8) is 0 Å². The Morgan fingerprint density at radius 3 is 2.88 bits per heavy atom. The molecule has 0 aromatic carbocycles. The van der Waals surface area contributed by atoms with Crippen LogP contribution >= 0.6 is 11.8 Å². The first-order valence-corrected chi connectivity index (χ1v) is 3.39. The second-order valence-electron chi connectivity index (χ2n) is 1.67. The summed E-state index contributed by atoms with van der Waals surface area (Å²) < 4.78 is 9.65. The van der Waals surface area contributed by atoms with Crippen LogP contribution in [0.2, 0.25) is 0 Å². The first-order valence-electron chi connectivity index (χ1n) is 2.34. The van der Waals surface area contributed by atoms with E-state index in [1.54, 1.807) is 0 Å². The monoisotopic (exact) mass is 132 g/mol. The maximum absolute atomic E-state index is 10.5. The molecular formula is C4H4O3S. The van der Waals surface area contributed by atoms with E-state index in [2.05, 4.69) is 4.74 Å². The zero-order chi connectivity index (χ0) is 5.56. The van der Waals surface area contributed by atoms with E-state index in [4.69, 9.17) is 4.74 Å². The third kappa shape index (κ3) is 0.469. The Bertz CT molecular complexity index is 135. The minimum absolute atomic E-state index is 0.216. The van der Waals surface area contributed by atoms with Crippen LogP contribution in [0.25, 0.3) is 0 Å². The molecule has 0 N–H and O–H groups in total. The van der Waals surface area contributed by atoms with Crippen LogP contribution in [0.1, 0.15) is 0 Å². The summed E-state index contributed by atoms with van der Waals surface area (Å²) in [5, 5.41) is 0. The van der Waals surface area contributed by atoms with Gasteiger partial charge in [-0.15, -0.1) is 11.8 Å². The highest BCUT2D eigenvalue weighted by molar-refractivity contribution is 8.00. The third-order valence-corrected chi connectivity index (χ3v) is 2.17. The Kier molecular flexibility index (Phi) is 0.804. The van der Waals surface area contributed by atoms with Gasteiger partial charge in [-0.1, -0.05) is 0 Å². The third-order valence-electron chi connectivity index (χ3n) is 1.10. The van der Waals surface area contributed by atoms with Crippen molar-refractivity contribution >= 4 is 17.7 Å². The Hall–Kier alpha value is -0.220. The van der Waals surface area contributed by atoms with Gasteiger partial charge in [0.15, 0.2) is 0 Å². The summed E-state index contributed by atoms with van der Waals surface area (Å²) in [6, 6.07) is 0. The molecule has 2 fully saturated rings. The molecule has 2 aliphatic rings. The van der Waals surface area contributed by atoms with Crippen LogP contribution in [0.4, 0.5) is 0 Å². The molecular weight excluding hydrogens is 128 g/mol. The number of rotatable bonds is 0. The number of ether oxygens (including phenoxy) is 2. The molecule has 0 aromatic heterocycles. The molecule has 2 unspecified atom stereocenters. The molecule has 8 heavy (non-hydrogen) atoms. The summed E-state index contributed by atoms with van der Waals surface area (Å²) in [5.41, 5.74) is -0.306. The molecule has 0 radical (unpaired) electrons. The Morgan fingerprint density at radius 1 is 1.75 bits per heavy atom. The number of carbonyl (C=O) groups is 1. The molecule has 0 aromatic rings. The topological polar surface area (TPSA) is 35.5 Å². The van der Waals surface area contributed by atoms with Crippen molar-refractivity contribution < 1.29 is 14.3 Å². The lowest BCUT2D eigenvalue weighted by Crippen LogP contribution is -2.15. The van der Waals surface area contributed by atoms with Crippen LogP contribution in [0.5, 0.6) is 0 Å². The molecule has 2 rings (SSSR count). The second kappa shape index (κ2) is 1.39. The number of esters is 1. The van der Waals surface area contributed by atoms with Crippen molar-refractivity contribution in [3.8, 4) is 0 Å². The van der Waals surface area contributed by atoms with Crippen molar-refractivity contribution in [2.24, 2.45) is 0 Å². The van der Waals surface area contributed by atoms with Crippen LogP contribution < -0.4 is 0 Å². The van der Waals surface area contributed by atoms with Crippen molar-refractivity contribution in [2.45, 2.75) is 11.7 Å². The van der Waals surface area contributed by atoms with Gasteiger partial charge in [-0.3, -0.25) is 0 Å². The molecule has 0 aliphatic carbocycles. The van der Waals surface area contributed by atoms with E-state index in [1.807, 2.05) is 0 Å². The van der Waals surface area contributed by atoms with E-state index in [-0.39, 0.29) is 17.7 Å². The van der Waals surface area contributed by atoms with Crippen molar-refractivity contribution in [3.05, 3.63) is 0 Å². The highest BCUT2D eigenvalue weighted by atomic mass is 32.2. The van der Waals surface area contributed by atoms with Crippen molar-refractivity contribution in [1.29, 1.82) is 0 Å². The fourth-order valence-corrected chi connectivity index (χ4v) is 1.63. The average Bonchev–Trinajstić information content (AvgIpc) is 2.23. The maximum atomic E-state index is 10.5. The van der Waals surface area contributed by atoms with Crippen molar-refractivity contribution in [2.75, 3.05) is 5.75 Å². The molecule has 0 spiro atoms. The summed E-state index contributed by atoms with van der Waals surface area (Å²) in [4.78, 5) is 10.5. The van der Waals surface area contributed by atoms with Gasteiger partial charge >= 0.3 is 5.97 Å². The van der Waals surface area contributed by atoms with Gasteiger partial charge in [0.25, 0.3) is 0 Å². The lowest BCUT2D eigenvalue weighted by atomic mass is 10.7. The van der Waals surface area contributed by atoms with Gasteiger partial charge in [0, 0.05) is 0 Å². The van der Waals surface area contributed by atoms with Crippen LogP contribution in [0.15, 0.2) is 0 Å². The highest BCUT2D eigenvalue weighted by Gasteiger charge is 2.42. The number of carbonyl (C=O) groups excluding carboxylic acids is 1. The molecule has 3 nitrogen and oxygen atoms in total. The first kappa shape index (κ1) is 4.64. The Labute approximate surface area is 50.3 Å². The Balaban J connectivity index is 2.22. The van der Waals surface area contributed by atoms with E-state index in [0.717, 1.165) is 5.75 Å². The average molecular weight is 132 g/mol. The smallest absolute Gasteiger partial charge is 0.348 e. The number of thioether (sulfide) groups is 1. The molecule has 2 heterocycles. The molecule has 0 amide bonds. The quantitative estimate of drug-likeness (QED) is 0.433. The van der Waals surface area contributed by atoms with Gasteiger partial charge < -0.3 is 9.47 Å². The summed E-state index contributed by atoms with van der Waals surface area (Å²) in [5.74, 6) is 0.586. The second-order valence-corrected chi connectivity index (χ2v) is 2.76. The van der Waals surface area contributed by atoms with E-state index >= 15 is 0 Å². The number of hydrogen-bond acceptors (Lipinski definition) is 4. The Morgan fingerprint density at radius 2 is 2.62 bits per heavy atom. The van der Waals surface area contributed by atoms with Gasteiger partial charge in [0.05, 0.1) is 5.75 Å². The van der Waals surface area contributed by atoms with Gasteiger partial charge in [-0.05, 0) is 0 Å². The van der Waals surface area contributed by atoms with E-state index in [0.29, 0.717) is 0 Å². The minimum atomic E-state index is -0.306. The predicted molar refractivity (Wildman–Crippen MR) is 27.2 cm³/mol. The van der Waals surface area contributed by atoms with Gasteiger partial charge in [0.2, 0.25) is 11.7 Å². The zero-order valence-electron chi connectivity index (χ0n) is 3.99. The standard InChI is InChI=1S/C4H4O3S/c5-3-4-7-2(6-3)1-8-4/h2,4H,1H2. The lowest BCUT2D eigenvalue weighted by molar-refractivity contribution is -0.142. The number of fused-ring (bicyclic) bond motifs is 2. The van der Waals surface area contributed by atoms with E-state index < -0.39 is 0 Å². The molecule has 2 aliphatic heterocycles. The van der Waals surface area contributed by atoms with Gasteiger partial charge in [-0.25, -0.2) is 4.79 Å².